The summed E-state index contributed by atoms with van der Waals surface area (Å²) in [5.74, 6) is 2.62. The van der Waals surface area contributed by atoms with Gasteiger partial charge in [-0.05, 0) is 45.5 Å². The third-order valence-electron chi connectivity index (χ3n) is 3.52. The second kappa shape index (κ2) is 6.76. The normalized spacial score (nSPS) is 16.5. The Balaban J connectivity index is 1.77. The summed E-state index contributed by atoms with van der Waals surface area (Å²) in [6, 6.07) is 13.4. The zero-order valence-corrected chi connectivity index (χ0v) is 13.6. The molecular formula is C19H18NOS. The van der Waals surface area contributed by atoms with Crippen molar-refractivity contribution in [3.8, 4) is 0 Å². The maximum atomic E-state index is 12.5. The highest BCUT2D eigenvalue weighted by molar-refractivity contribution is 7.14. The molecule has 0 N–H and O–H groups in total. The predicted molar refractivity (Wildman–Crippen MR) is 91.2 cm³/mol. The fourth-order valence-electron chi connectivity index (χ4n) is 2.51. The van der Waals surface area contributed by atoms with Crippen LogP contribution in [0.5, 0.6) is 0 Å². The molecule has 0 bridgehead atoms. The highest BCUT2D eigenvalue weighted by atomic mass is 32.1. The van der Waals surface area contributed by atoms with Crippen molar-refractivity contribution in [3.05, 3.63) is 88.9 Å². The predicted octanol–water partition coefficient (Wildman–Crippen LogP) is 3.66. The van der Waals surface area contributed by atoms with Gasteiger partial charge < -0.3 is 4.90 Å². The van der Waals surface area contributed by atoms with E-state index in [0.717, 1.165) is 21.9 Å². The number of hydrogen-bond acceptors (Lipinski definition) is 3. The minimum absolute atomic E-state index is 0.0950. The molecule has 0 saturated heterocycles. The van der Waals surface area contributed by atoms with Crippen LogP contribution in [0, 0.1) is 31.1 Å². The van der Waals surface area contributed by atoms with Gasteiger partial charge >= 0.3 is 0 Å². The molecule has 1 saturated carbocycles. The Morgan fingerprint density at radius 2 is 1.82 bits per heavy atom. The summed E-state index contributed by atoms with van der Waals surface area (Å²) in [5, 5.41) is 0. The highest BCUT2D eigenvalue weighted by Gasteiger charge is 2.32. The molecule has 2 aromatic rings. The summed E-state index contributed by atoms with van der Waals surface area (Å²) in [7, 11) is 4.13. The second-order valence-electron chi connectivity index (χ2n) is 5.56. The van der Waals surface area contributed by atoms with Crippen molar-refractivity contribution >= 4 is 17.1 Å². The Morgan fingerprint density at radius 3 is 2.55 bits per heavy atom. The maximum absolute atomic E-state index is 12.5. The van der Waals surface area contributed by atoms with E-state index in [0.29, 0.717) is 0 Å². The number of hydrogen-bond donors (Lipinski definition) is 0. The molecule has 1 heterocycles. The Labute approximate surface area is 136 Å². The van der Waals surface area contributed by atoms with Gasteiger partial charge in [-0.3, -0.25) is 4.79 Å². The van der Waals surface area contributed by atoms with Crippen LogP contribution in [-0.4, -0.2) is 31.3 Å². The number of rotatable bonds is 5. The number of carbonyl (C=O) groups excluding carboxylic acids is 1. The van der Waals surface area contributed by atoms with Gasteiger partial charge in [0.15, 0.2) is 0 Å². The maximum Gasteiger partial charge on any atom is 0.202 e. The molecular weight excluding hydrogens is 290 g/mol. The zero-order chi connectivity index (χ0) is 15.5. The van der Waals surface area contributed by atoms with Gasteiger partial charge in [-0.2, -0.15) is 0 Å². The summed E-state index contributed by atoms with van der Waals surface area (Å²) >= 11 is 1.57. The van der Waals surface area contributed by atoms with Crippen LogP contribution in [0.4, 0.5) is 0 Å². The molecule has 1 fully saturated rings. The van der Waals surface area contributed by atoms with Crippen molar-refractivity contribution in [1.29, 1.82) is 0 Å². The van der Waals surface area contributed by atoms with E-state index in [9.17, 15) is 4.79 Å². The number of benzene rings is 1. The summed E-state index contributed by atoms with van der Waals surface area (Å²) in [5.41, 5.74) is 0.743. The SMILES string of the molecule is CN(C)C[C]1[CH][CH][CH][C]1c1ccc(C(=O)c2ccccc2)s1. The first-order chi connectivity index (χ1) is 10.6. The minimum atomic E-state index is 0.0950. The fourth-order valence-corrected chi connectivity index (χ4v) is 3.54. The number of thiophene rings is 1. The lowest BCUT2D eigenvalue weighted by atomic mass is 9.94. The van der Waals surface area contributed by atoms with E-state index in [4.69, 9.17) is 0 Å². The molecule has 1 aromatic heterocycles. The van der Waals surface area contributed by atoms with Crippen molar-refractivity contribution in [3.63, 3.8) is 0 Å². The Morgan fingerprint density at radius 1 is 1.05 bits per heavy atom. The van der Waals surface area contributed by atoms with Crippen molar-refractivity contribution in [2.75, 3.05) is 20.6 Å². The summed E-state index contributed by atoms with van der Waals surface area (Å²) in [6.45, 7) is 0.905. The van der Waals surface area contributed by atoms with Crippen LogP contribution in [0.2, 0.25) is 0 Å². The Bertz CT molecular complexity index is 632. The van der Waals surface area contributed by atoms with Gasteiger partial charge in [0.05, 0.1) is 4.88 Å². The number of carbonyl (C=O) groups is 1. The van der Waals surface area contributed by atoms with Crippen LogP contribution in [0.3, 0.4) is 0 Å². The molecule has 3 rings (SSSR count). The zero-order valence-electron chi connectivity index (χ0n) is 12.7. The highest BCUT2D eigenvalue weighted by Crippen LogP contribution is 2.41. The van der Waals surface area contributed by atoms with E-state index in [1.807, 2.05) is 36.4 Å². The van der Waals surface area contributed by atoms with Gasteiger partial charge in [-0.15, -0.1) is 11.3 Å². The van der Waals surface area contributed by atoms with Gasteiger partial charge in [0.25, 0.3) is 0 Å². The molecule has 0 amide bonds. The van der Waals surface area contributed by atoms with Gasteiger partial charge in [0, 0.05) is 28.8 Å². The Kier molecular flexibility index (Phi) is 4.74. The monoisotopic (exact) mass is 308 g/mol. The van der Waals surface area contributed by atoms with Crippen LogP contribution >= 0.6 is 11.3 Å². The molecule has 1 aliphatic carbocycles. The third kappa shape index (κ3) is 3.31. The molecule has 0 spiro atoms. The van der Waals surface area contributed by atoms with Gasteiger partial charge in [-0.25, -0.2) is 0 Å². The first kappa shape index (κ1) is 15.4. The van der Waals surface area contributed by atoms with Crippen molar-refractivity contribution in [2.45, 2.75) is 0 Å². The summed E-state index contributed by atoms with van der Waals surface area (Å²) < 4.78 is 0. The van der Waals surface area contributed by atoms with Crippen molar-refractivity contribution < 1.29 is 4.79 Å². The average Bonchev–Trinajstić information content (AvgIpc) is 3.15. The molecule has 111 valence electrons. The van der Waals surface area contributed by atoms with E-state index >= 15 is 0 Å². The van der Waals surface area contributed by atoms with Gasteiger partial charge in [0.2, 0.25) is 5.78 Å². The minimum Gasteiger partial charge on any atom is -0.309 e. The smallest absolute Gasteiger partial charge is 0.202 e. The third-order valence-corrected chi connectivity index (χ3v) is 4.64. The molecule has 0 aliphatic heterocycles. The summed E-state index contributed by atoms with van der Waals surface area (Å²) in [6.07, 6.45) is 6.35. The van der Waals surface area contributed by atoms with Crippen molar-refractivity contribution in [1.82, 2.24) is 4.90 Å². The molecule has 1 aliphatic rings. The molecule has 2 nitrogen and oxygen atoms in total. The largest absolute Gasteiger partial charge is 0.309 e. The first-order valence-electron chi connectivity index (χ1n) is 7.24. The van der Waals surface area contributed by atoms with Gasteiger partial charge in [-0.1, -0.05) is 30.3 Å². The average molecular weight is 308 g/mol. The molecule has 0 unspecified atom stereocenters. The van der Waals surface area contributed by atoms with Gasteiger partial charge in [0.1, 0.15) is 0 Å². The summed E-state index contributed by atoms with van der Waals surface area (Å²) in [4.78, 5) is 16.6. The molecule has 5 radical (unpaired) electrons. The quantitative estimate of drug-likeness (QED) is 0.786. The lowest BCUT2D eigenvalue weighted by Gasteiger charge is -2.20. The fraction of sp³-hybridized carbons (Fsp3) is 0.158. The number of nitrogens with zero attached hydrogens (tertiary/aromatic N) is 1. The lowest BCUT2D eigenvalue weighted by Crippen LogP contribution is -2.22. The first-order valence-corrected chi connectivity index (χ1v) is 8.06. The topological polar surface area (TPSA) is 20.3 Å². The van der Waals surface area contributed by atoms with Crippen LogP contribution < -0.4 is 0 Å². The van der Waals surface area contributed by atoms with Crippen LogP contribution in [-0.2, 0) is 0 Å². The molecule has 3 heteroatoms. The van der Waals surface area contributed by atoms with Crippen molar-refractivity contribution in [2.24, 2.45) is 0 Å². The van der Waals surface area contributed by atoms with E-state index in [2.05, 4.69) is 44.3 Å². The molecule has 0 atom stereocenters. The van der Waals surface area contributed by atoms with Crippen LogP contribution in [0.1, 0.15) is 20.1 Å². The van der Waals surface area contributed by atoms with E-state index < -0.39 is 0 Å². The molecule has 1 aromatic carbocycles. The second-order valence-corrected chi connectivity index (χ2v) is 6.65. The van der Waals surface area contributed by atoms with Crippen LogP contribution in [0.25, 0.3) is 0 Å². The van der Waals surface area contributed by atoms with E-state index in [1.165, 1.54) is 11.8 Å². The standard InChI is InChI=1S/C19H18NOS/c1-20(2)13-15-9-6-10-16(15)17-11-12-18(22-17)19(21)14-7-4-3-5-8-14/h3-12H,13H2,1-2H3. The number of ketones is 1. The van der Waals surface area contributed by atoms with Crippen LogP contribution in [0.15, 0.2) is 42.5 Å². The Hall–Kier alpha value is -1.45. The molecule has 22 heavy (non-hydrogen) atoms. The lowest BCUT2D eigenvalue weighted by molar-refractivity contribution is 0.104. The van der Waals surface area contributed by atoms with E-state index in [-0.39, 0.29) is 5.78 Å². The van der Waals surface area contributed by atoms with E-state index in [1.54, 1.807) is 11.3 Å².